The molecule has 0 N–H and O–H groups in total. The predicted octanol–water partition coefficient (Wildman–Crippen LogP) is 5.56. The van der Waals surface area contributed by atoms with Crippen molar-refractivity contribution in [2.24, 2.45) is 0 Å². The minimum absolute atomic E-state index is 0. The largest absolute Gasteiger partial charge is 0.741 e. The van der Waals surface area contributed by atoms with Crippen molar-refractivity contribution >= 4 is 59.7 Å². The van der Waals surface area contributed by atoms with Crippen molar-refractivity contribution < 1.29 is 45.6 Å². The Hall–Kier alpha value is -1.09. The molecule has 11 heteroatoms. The van der Waals surface area contributed by atoms with E-state index >= 15 is 0 Å². The van der Waals surface area contributed by atoms with Crippen LogP contribution in [0.25, 0.3) is 0 Å². The predicted molar refractivity (Wildman–Crippen MR) is 176 cm³/mol. The normalized spacial score (nSPS) is 12.1. The monoisotopic (exact) mass is 728 g/mol. The van der Waals surface area contributed by atoms with E-state index in [-0.39, 0.29) is 26.2 Å². The zero-order valence-electron chi connectivity index (χ0n) is 25.5. The van der Waals surface area contributed by atoms with Crippen molar-refractivity contribution in [2.45, 2.75) is 83.5 Å². The fourth-order valence-corrected chi connectivity index (χ4v) is 12.6. The Bertz CT molecular complexity index is 1280. The van der Waals surface area contributed by atoms with Crippen LogP contribution in [0.2, 0.25) is 0 Å². The van der Waals surface area contributed by atoms with Gasteiger partial charge in [-0.3, -0.25) is 0 Å². The molecule has 0 saturated carbocycles. The number of alkyl halides is 3. The summed E-state index contributed by atoms with van der Waals surface area (Å²) in [7, 11) is -7.49. The van der Waals surface area contributed by atoms with Gasteiger partial charge < -0.3 is 4.55 Å². The minimum Gasteiger partial charge on any atom is -0.741 e. The quantitative estimate of drug-likeness (QED) is 0.126. The van der Waals surface area contributed by atoms with E-state index in [2.05, 4.69) is 134 Å². The van der Waals surface area contributed by atoms with Crippen molar-refractivity contribution in [3.05, 3.63) is 78.9 Å². The summed E-state index contributed by atoms with van der Waals surface area (Å²) in [5, 5.41) is 3.25. The summed E-state index contributed by atoms with van der Waals surface area (Å²) in [5.41, 5.74) is 1.64. The molecule has 0 amide bonds. The molecule has 233 valence electrons. The average Bonchev–Trinajstić information content (AvgIpc) is 2.85. The molecule has 0 aliphatic rings. The van der Waals surface area contributed by atoms with Crippen molar-refractivity contribution in [1.82, 2.24) is 0 Å². The van der Waals surface area contributed by atoms with Crippen molar-refractivity contribution in [3.63, 3.8) is 0 Å². The first-order chi connectivity index (χ1) is 19.0. The molecule has 42 heavy (non-hydrogen) atoms. The van der Waals surface area contributed by atoms with Gasteiger partial charge in [0.25, 0.3) is 6.71 Å². The molecule has 3 rings (SSSR count). The van der Waals surface area contributed by atoms with Gasteiger partial charge in [-0.15, -0.1) is 0 Å². The maximum absolute atomic E-state index is 10.7. The smallest absolute Gasteiger partial charge is 0.485 e. The third-order valence-corrected chi connectivity index (χ3v) is 14.8. The molecule has 3 aromatic rings. The first-order valence-electron chi connectivity index (χ1n) is 14.0. The molecule has 0 aliphatic heterocycles. The molecule has 0 fully saturated rings. The Balaban J connectivity index is 0.000000860. The van der Waals surface area contributed by atoms with Crippen LogP contribution in [-0.2, 0) is 29.6 Å². The summed E-state index contributed by atoms with van der Waals surface area (Å²) < 4.78 is 58.9. The van der Waals surface area contributed by atoms with Crippen molar-refractivity contribution in [2.75, 3.05) is 0 Å². The SMILES string of the molecule is CC(C)[PH+](c1ccccc1B(c1ccccc1)c1ccccc1[PH+](C(C)C)C(C)C)C(C)C.O=S(=O)([O-])C(F)(F)F.[Rh]. The van der Waals surface area contributed by atoms with E-state index in [1.165, 1.54) is 16.4 Å². The Labute approximate surface area is 266 Å². The molecular weight excluding hydrogens is 685 g/mol. The summed E-state index contributed by atoms with van der Waals surface area (Å²) in [6.07, 6.45) is 0. The maximum Gasteiger partial charge on any atom is 0.485 e. The summed E-state index contributed by atoms with van der Waals surface area (Å²) in [6.45, 7) is 19.7. The fraction of sp³-hybridized carbons (Fsp3) is 0.419. The zero-order valence-corrected chi connectivity index (χ0v) is 29.9. The van der Waals surface area contributed by atoms with Gasteiger partial charge in [0, 0.05) is 35.3 Å². The van der Waals surface area contributed by atoms with Crippen LogP contribution in [0.3, 0.4) is 0 Å². The van der Waals surface area contributed by atoms with Crippen LogP contribution in [0.4, 0.5) is 13.2 Å². The number of rotatable bonds is 9. The second kappa shape index (κ2) is 16.8. The van der Waals surface area contributed by atoms with E-state index in [4.69, 9.17) is 13.0 Å². The van der Waals surface area contributed by atoms with Gasteiger partial charge in [-0.25, -0.2) is 8.42 Å². The zero-order chi connectivity index (χ0) is 31.1. The molecule has 0 saturated heterocycles. The molecule has 0 unspecified atom stereocenters. The van der Waals surface area contributed by atoms with E-state index in [0.29, 0.717) is 22.6 Å². The van der Waals surface area contributed by atoms with Gasteiger partial charge in [0.1, 0.15) is 0 Å². The van der Waals surface area contributed by atoms with Crippen LogP contribution < -0.4 is 27.0 Å². The van der Waals surface area contributed by atoms with Crippen LogP contribution in [0.15, 0.2) is 78.9 Å². The van der Waals surface area contributed by atoms with Gasteiger partial charge >= 0.3 is 5.51 Å². The van der Waals surface area contributed by atoms with Crippen molar-refractivity contribution in [3.8, 4) is 0 Å². The van der Waals surface area contributed by atoms with Gasteiger partial charge in [0.2, 0.25) is 0 Å². The van der Waals surface area contributed by atoms with Crippen LogP contribution in [0, 0.1) is 0 Å². The van der Waals surface area contributed by atoms with Crippen LogP contribution >= 0.6 is 15.8 Å². The first-order valence-corrected chi connectivity index (χ1v) is 18.7. The van der Waals surface area contributed by atoms with E-state index in [9.17, 15) is 13.2 Å². The minimum atomic E-state index is -6.09. The second-order valence-electron chi connectivity index (χ2n) is 11.4. The molecule has 0 bridgehead atoms. The van der Waals surface area contributed by atoms with Gasteiger partial charge in [-0.2, -0.15) is 13.2 Å². The Kier molecular flexibility index (Phi) is 15.6. The second-order valence-corrected chi connectivity index (χ2v) is 20.3. The van der Waals surface area contributed by atoms with Gasteiger partial charge in [-0.1, -0.05) is 72.2 Å². The molecule has 0 aromatic heterocycles. The van der Waals surface area contributed by atoms with E-state index < -0.39 is 31.5 Å². The Morgan fingerprint density at radius 3 is 1.19 bits per heavy atom. The molecule has 3 aromatic carbocycles. The van der Waals surface area contributed by atoms with Gasteiger partial charge in [0.15, 0.2) is 10.1 Å². The van der Waals surface area contributed by atoms with Gasteiger partial charge in [-0.05, 0) is 78.4 Å². The first kappa shape index (κ1) is 38.9. The molecule has 0 aliphatic carbocycles. The molecule has 0 atom stereocenters. The molecule has 1 radical (unpaired) electrons. The average molecular weight is 728 g/mol. The molecule has 0 spiro atoms. The number of halogens is 3. The number of benzene rings is 3. The molecule has 0 heterocycles. The van der Waals surface area contributed by atoms with E-state index in [1.807, 2.05) is 0 Å². The maximum atomic E-state index is 10.7. The summed E-state index contributed by atoms with van der Waals surface area (Å²) in [6, 6.07) is 30.0. The third-order valence-electron chi connectivity index (χ3n) is 7.07. The number of hydrogen-bond donors (Lipinski definition) is 0. The van der Waals surface area contributed by atoms with Gasteiger partial charge in [0.05, 0.1) is 33.2 Å². The topological polar surface area (TPSA) is 57.2 Å². The fourth-order valence-electron chi connectivity index (χ4n) is 5.77. The Morgan fingerprint density at radius 1 is 0.619 bits per heavy atom. The third kappa shape index (κ3) is 10.2. The van der Waals surface area contributed by atoms with Crippen LogP contribution in [0.1, 0.15) is 55.4 Å². The number of hydrogen-bond acceptors (Lipinski definition) is 3. The molecule has 3 nitrogen and oxygen atoms in total. The Morgan fingerprint density at radius 2 is 0.905 bits per heavy atom. The molecular formula is C31H43BF3O3P2RhS+. The van der Waals surface area contributed by atoms with Crippen molar-refractivity contribution in [1.29, 1.82) is 0 Å². The van der Waals surface area contributed by atoms with E-state index in [1.54, 1.807) is 10.6 Å². The summed E-state index contributed by atoms with van der Waals surface area (Å²) >= 11 is 0. The van der Waals surface area contributed by atoms with E-state index in [0.717, 1.165) is 0 Å². The summed E-state index contributed by atoms with van der Waals surface area (Å²) in [5.74, 6) is 0. The summed E-state index contributed by atoms with van der Waals surface area (Å²) in [4.78, 5) is 0. The van der Waals surface area contributed by atoms with Crippen LogP contribution in [0.5, 0.6) is 0 Å². The standard InChI is InChI=1S/C30H41BP2.CHF3O3S.Rh/c1-22(2)32(23(3)4)29-20-14-12-18-27(29)31(26-16-10-9-11-17-26)28-19-13-15-21-30(28)33(24(5)6)25(7)8;2-1(3,4)8(5,6)7;/h9-25H,1-8H3;(H,5,6,7);/p+1. The van der Waals surface area contributed by atoms with Crippen LogP contribution in [-0.4, -0.2) is 47.8 Å².